The van der Waals surface area contributed by atoms with Crippen molar-refractivity contribution in [1.82, 2.24) is 19.5 Å². The molecule has 1 amide bonds. The Morgan fingerprint density at radius 1 is 1.00 bits per heavy atom. The fourth-order valence-corrected chi connectivity index (χ4v) is 3.07. The number of amides is 1. The molecular weight excluding hydrogens is 334 g/mol. The van der Waals surface area contributed by atoms with Gasteiger partial charge in [0, 0.05) is 47.0 Å². The minimum Gasteiger partial charge on any atom is -0.306 e. The van der Waals surface area contributed by atoms with E-state index in [4.69, 9.17) is 0 Å². The summed E-state index contributed by atoms with van der Waals surface area (Å²) in [6.07, 6.45) is 8.71. The lowest BCUT2D eigenvalue weighted by atomic mass is 10.2. The number of aromatic nitrogens is 4. The molecule has 3 aromatic heterocycles. The number of nitrogens with zero attached hydrogens (tertiary/aromatic N) is 4. The molecule has 0 aliphatic carbocycles. The molecule has 7 heteroatoms. The summed E-state index contributed by atoms with van der Waals surface area (Å²) in [5.41, 5.74) is 3.31. The van der Waals surface area contributed by atoms with Gasteiger partial charge in [-0.1, -0.05) is 0 Å². The maximum absolute atomic E-state index is 12.4. The summed E-state index contributed by atoms with van der Waals surface area (Å²) in [7, 11) is 0. The minimum absolute atomic E-state index is 0.187. The van der Waals surface area contributed by atoms with Gasteiger partial charge in [-0.2, -0.15) is 0 Å². The van der Waals surface area contributed by atoms with Crippen LogP contribution in [0.15, 0.2) is 72.9 Å². The Bertz CT molecular complexity index is 978. The molecule has 0 bridgehead atoms. The lowest BCUT2D eigenvalue weighted by Crippen LogP contribution is -2.11. The van der Waals surface area contributed by atoms with Crippen molar-refractivity contribution in [3.63, 3.8) is 0 Å². The van der Waals surface area contributed by atoms with Crippen LogP contribution in [0.3, 0.4) is 0 Å². The molecule has 1 aromatic carbocycles. The molecular formula is C18H13N5OS. The first-order valence-electron chi connectivity index (χ1n) is 7.55. The number of pyridine rings is 1. The molecule has 3 heterocycles. The summed E-state index contributed by atoms with van der Waals surface area (Å²) < 4.78 is 1.88. The minimum atomic E-state index is -0.187. The van der Waals surface area contributed by atoms with Crippen molar-refractivity contribution in [1.29, 1.82) is 0 Å². The summed E-state index contributed by atoms with van der Waals surface area (Å²) in [5.74, 6) is -0.187. The van der Waals surface area contributed by atoms with Gasteiger partial charge in [0.25, 0.3) is 5.91 Å². The molecule has 4 aromatic rings. The van der Waals surface area contributed by atoms with Gasteiger partial charge in [-0.15, -0.1) is 11.3 Å². The Morgan fingerprint density at radius 2 is 1.80 bits per heavy atom. The van der Waals surface area contributed by atoms with Crippen molar-refractivity contribution < 1.29 is 4.79 Å². The van der Waals surface area contributed by atoms with Crippen LogP contribution in [0.5, 0.6) is 0 Å². The maximum atomic E-state index is 12.4. The second-order valence-electron chi connectivity index (χ2n) is 5.24. The number of benzene rings is 1. The number of rotatable bonds is 4. The Labute approximate surface area is 147 Å². The van der Waals surface area contributed by atoms with Crippen LogP contribution >= 0.6 is 11.3 Å². The van der Waals surface area contributed by atoms with Gasteiger partial charge in [0.15, 0.2) is 5.13 Å². The number of hydrogen-bond donors (Lipinski definition) is 1. The van der Waals surface area contributed by atoms with E-state index in [1.807, 2.05) is 40.4 Å². The van der Waals surface area contributed by atoms with Crippen LogP contribution in [0.25, 0.3) is 16.9 Å². The molecule has 0 aliphatic heterocycles. The Balaban J connectivity index is 1.48. The van der Waals surface area contributed by atoms with Crippen LogP contribution in [0.1, 0.15) is 10.4 Å². The summed E-state index contributed by atoms with van der Waals surface area (Å²) in [6.45, 7) is 0. The number of hydrogen-bond acceptors (Lipinski definition) is 5. The Hall–Kier alpha value is -3.32. The van der Waals surface area contributed by atoms with Crippen molar-refractivity contribution in [3.05, 3.63) is 78.5 Å². The highest BCUT2D eigenvalue weighted by Crippen LogP contribution is 2.24. The van der Waals surface area contributed by atoms with E-state index < -0.39 is 0 Å². The molecule has 25 heavy (non-hydrogen) atoms. The number of nitrogens with one attached hydrogen (secondary N) is 1. The summed E-state index contributed by atoms with van der Waals surface area (Å²) in [4.78, 5) is 24.8. The van der Waals surface area contributed by atoms with Crippen LogP contribution < -0.4 is 5.32 Å². The lowest BCUT2D eigenvalue weighted by Gasteiger charge is -2.04. The Kier molecular flexibility index (Phi) is 4.05. The third kappa shape index (κ3) is 3.31. The SMILES string of the molecule is O=C(Nc1nc(-c2ccncc2)cs1)c1ccc(-n2ccnc2)cc1. The molecule has 122 valence electrons. The van der Waals surface area contributed by atoms with E-state index >= 15 is 0 Å². The van der Waals surface area contributed by atoms with Crippen LogP contribution in [-0.2, 0) is 0 Å². The normalized spacial score (nSPS) is 10.6. The number of imidazole rings is 1. The molecule has 1 N–H and O–H groups in total. The zero-order chi connectivity index (χ0) is 17.1. The van der Waals surface area contributed by atoms with Crippen molar-refractivity contribution in [2.75, 3.05) is 5.32 Å². The lowest BCUT2D eigenvalue weighted by molar-refractivity contribution is 0.102. The number of anilines is 1. The average molecular weight is 347 g/mol. The highest BCUT2D eigenvalue weighted by Gasteiger charge is 2.10. The van der Waals surface area contributed by atoms with Gasteiger partial charge < -0.3 is 4.57 Å². The van der Waals surface area contributed by atoms with E-state index in [9.17, 15) is 4.79 Å². The van der Waals surface area contributed by atoms with E-state index in [0.717, 1.165) is 16.9 Å². The van der Waals surface area contributed by atoms with E-state index in [-0.39, 0.29) is 5.91 Å². The van der Waals surface area contributed by atoms with E-state index in [0.29, 0.717) is 10.7 Å². The van der Waals surface area contributed by atoms with E-state index in [1.54, 1.807) is 37.1 Å². The average Bonchev–Trinajstić information content (AvgIpc) is 3.35. The molecule has 6 nitrogen and oxygen atoms in total. The first kappa shape index (κ1) is 15.2. The van der Waals surface area contributed by atoms with Gasteiger partial charge >= 0.3 is 0 Å². The quantitative estimate of drug-likeness (QED) is 0.612. The first-order chi connectivity index (χ1) is 12.3. The van der Waals surface area contributed by atoms with Crippen LogP contribution in [-0.4, -0.2) is 25.4 Å². The van der Waals surface area contributed by atoms with Gasteiger partial charge in [-0.25, -0.2) is 9.97 Å². The van der Waals surface area contributed by atoms with E-state index in [1.165, 1.54) is 11.3 Å². The first-order valence-corrected chi connectivity index (χ1v) is 8.43. The number of thiazole rings is 1. The van der Waals surface area contributed by atoms with Crippen molar-refractivity contribution in [2.24, 2.45) is 0 Å². The predicted octanol–water partition coefficient (Wildman–Crippen LogP) is 3.64. The van der Waals surface area contributed by atoms with Crippen molar-refractivity contribution >= 4 is 22.4 Å². The molecule has 0 aliphatic rings. The fraction of sp³-hybridized carbons (Fsp3) is 0. The summed E-state index contributed by atoms with van der Waals surface area (Å²) >= 11 is 1.39. The molecule has 0 spiro atoms. The topological polar surface area (TPSA) is 72.7 Å². The second kappa shape index (κ2) is 6.66. The zero-order valence-electron chi connectivity index (χ0n) is 13.0. The molecule has 4 rings (SSSR count). The molecule has 0 saturated heterocycles. The molecule has 0 unspecified atom stereocenters. The third-order valence-corrected chi connectivity index (χ3v) is 4.39. The van der Waals surface area contributed by atoms with Gasteiger partial charge in [0.1, 0.15) is 0 Å². The van der Waals surface area contributed by atoms with Gasteiger partial charge in [-0.05, 0) is 36.4 Å². The second-order valence-corrected chi connectivity index (χ2v) is 6.10. The highest BCUT2D eigenvalue weighted by molar-refractivity contribution is 7.14. The predicted molar refractivity (Wildman–Crippen MR) is 96.9 cm³/mol. The maximum Gasteiger partial charge on any atom is 0.257 e. The standard InChI is InChI=1S/C18H13N5OS/c24-17(14-1-3-15(4-2-14)23-10-9-20-12-23)22-18-21-16(11-25-18)13-5-7-19-8-6-13/h1-12H,(H,21,22,24). The number of carbonyl (C=O) groups excluding carboxylic acids is 1. The van der Waals surface area contributed by atoms with Gasteiger partial charge in [-0.3, -0.25) is 15.1 Å². The molecule has 0 radical (unpaired) electrons. The Morgan fingerprint density at radius 3 is 2.52 bits per heavy atom. The largest absolute Gasteiger partial charge is 0.306 e. The smallest absolute Gasteiger partial charge is 0.257 e. The fourth-order valence-electron chi connectivity index (χ4n) is 2.35. The number of carbonyl (C=O) groups is 1. The van der Waals surface area contributed by atoms with Crippen molar-refractivity contribution in [2.45, 2.75) is 0 Å². The van der Waals surface area contributed by atoms with Gasteiger partial charge in [0.05, 0.1) is 12.0 Å². The third-order valence-electron chi connectivity index (χ3n) is 3.63. The molecule has 0 atom stereocenters. The summed E-state index contributed by atoms with van der Waals surface area (Å²) in [6, 6.07) is 11.1. The van der Waals surface area contributed by atoms with Crippen LogP contribution in [0.4, 0.5) is 5.13 Å². The monoisotopic (exact) mass is 347 g/mol. The van der Waals surface area contributed by atoms with Crippen LogP contribution in [0.2, 0.25) is 0 Å². The van der Waals surface area contributed by atoms with Gasteiger partial charge in [0.2, 0.25) is 0 Å². The molecule has 0 saturated carbocycles. The zero-order valence-corrected chi connectivity index (χ0v) is 13.9. The van der Waals surface area contributed by atoms with Crippen LogP contribution in [0, 0.1) is 0 Å². The van der Waals surface area contributed by atoms with E-state index in [2.05, 4.69) is 20.3 Å². The highest BCUT2D eigenvalue weighted by atomic mass is 32.1. The molecule has 0 fully saturated rings. The van der Waals surface area contributed by atoms with Crippen molar-refractivity contribution in [3.8, 4) is 16.9 Å². The summed E-state index contributed by atoms with van der Waals surface area (Å²) in [5, 5.41) is 5.31.